The Kier molecular flexibility index (Phi) is 4.04. The summed E-state index contributed by atoms with van der Waals surface area (Å²) in [7, 11) is -3.50. The fourth-order valence-electron chi connectivity index (χ4n) is 2.36. The Hall–Kier alpha value is -0.210. The van der Waals surface area contributed by atoms with E-state index in [1.165, 1.54) is 8.61 Å². The summed E-state index contributed by atoms with van der Waals surface area (Å²) >= 11 is 0. The lowest BCUT2D eigenvalue weighted by Gasteiger charge is -2.25. The fraction of sp³-hybridized carbons (Fsp3) is 1.00. The topological polar surface area (TPSA) is 81.1 Å². The molecule has 7 heteroatoms. The summed E-state index contributed by atoms with van der Waals surface area (Å²) in [5.41, 5.74) is 0. The minimum atomic E-state index is -3.50. The second kappa shape index (κ2) is 5.19. The molecule has 0 unspecified atom stereocenters. The number of nitrogens with zero attached hydrogens (tertiary/aromatic N) is 2. The summed E-state index contributed by atoms with van der Waals surface area (Å²) in [5, 5.41) is 18.8. The molecular formula is C10H20N2O4S. The van der Waals surface area contributed by atoms with E-state index in [1.807, 2.05) is 0 Å². The Labute approximate surface area is 102 Å². The molecule has 0 spiro atoms. The van der Waals surface area contributed by atoms with Crippen molar-refractivity contribution in [2.45, 2.75) is 37.9 Å². The van der Waals surface area contributed by atoms with Crippen molar-refractivity contribution in [3.05, 3.63) is 0 Å². The predicted molar refractivity (Wildman–Crippen MR) is 62.5 cm³/mol. The van der Waals surface area contributed by atoms with Crippen LogP contribution in [0.4, 0.5) is 0 Å². The highest BCUT2D eigenvalue weighted by molar-refractivity contribution is 7.86. The van der Waals surface area contributed by atoms with Crippen LogP contribution >= 0.6 is 0 Å². The molecule has 2 aliphatic rings. The average molecular weight is 264 g/mol. The molecule has 0 aromatic carbocycles. The predicted octanol–water partition coefficient (Wildman–Crippen LogP) is -0.855. The Bertz CT molecular complexity index is 333. The normalized spacial score (nSPS) is 33.8. The minimum absolute atomic E-state index is 0.000000000000000222. The van der Waals surface area contributed by atoms with Gasteiger partial charge < -0.3 is 10.2 Å². The van der Waals surface area contributed by atoms with Crippen molar-refractivity contribution in [2.75, 3.05) is 26.2 Å². The quantitative estimate of drug-likeness (QED) is 0.680. The van der Waals surface area contributed by atoms with Crippen LogP contribution in [0.3, 0.4) is 0 Å². The van der Waals surface area contributed by atoms with Gasteiger partial charge in [0, 0.05) is 26.2 Å². The molecule has 2 fully saturated rings. The molecule has 0 aromatic rings. The van der Waals surface area contributed by atoms with Crippen LogP contribution in [-0.4, -0.2) is 65.6 Å². The first-order valence-electron chi connectivity index (χ1n) is 6.13. The van der Waals surface area contributed by atoms with Gasteiger partial charge in [0.15, 0.2) is 0 Å². The van der Waals surface area contributed by atoms with Crippen LogP contribution < -0.4 is 0 Å². The van der Waals surface area contributed by atoms with Gasteiger partial charge in [0.25, 0.3) is 10.2 Å². The van der Waals surface area contributed by atoms with Gasteiger partial charge in [-0.2, -0.15) is 17.0 Å². The molecule has 0 radical (unpaired) electrons. The highest BCUT2D eigenvalue weighted by atomic mass is 32.2. The van der Waals surface area contributed by atoms with E-state index in [0.29, 0.717) is 13.1 Å². The number of aliphatic hydroxyl groups is 2. The van der Waals surface area contributed by atoms with Crippen molar-refractivity contribution in [2.24, 2.45) is 0 Å². The zero-order valence-corrected chi connectivity index (χ0v) is 10.6. The summed E-state index contributed by atoms with van der Waals surface area (Å²) < 4.78 is 27.2. The maximum atomic E-state index is 12.3. The third-order valence-electron chi connectivity index (χ3n) is 3.44. The molecule has 2 rings (SSSR count). The second-order valence-corrected chi connectivity index (χ2v) is 6.70. The lowest BCUT2D eigenvalue weighted by molar-refractivity contribution is 0.0572. The van der Waals surface area contributed by atoms with Crippen molar-refractivity contribution in [3.8, 4) is 0 Å². The molecule has 0 bridgehead atoms. The molecule has 6 nitrogen and oxygen atoms in total. The van der Waals surface area contributed by atoms with Crippen molar-refractivity contribution in [1.29, 1.82) is 0 Å². The number of β-amino-alcohol motifs (C(OH)–C–C–N with tert-alkyl or cyclic N) is 2. The third kappa shape index (κ3) is 2.79. The first-order chi connectivity index (χ1) is 8.01. The van der Waals surface area contributed by atoms with Crippen LogP contribution in [0, 0.1) is 0 Å². The van der Waals surface area contributed by atoms with E-state index >= 15 is 0 Å². The second-order valence-electron chi connectivity index (χ2n) is 4.77. The van der Waals surface area contributed by atoms with Crippen LogP contribution in [0.5, 0.6) is 0 Å². The standard InChI is InChI=1S/C10H20N2O4S/c13-9-7-12(8-10(9)14)17(15,16)11-5-3-1-2-4-6-11/h9-10,13-14H,1-8H2/t9-,10+. The Morgan fingerprint density at radius 3 is 1.76 bits per heavy atom. The third-order valence-corrected chi connectivity index (χ3v) is 5.41. The van der Waals surface area contributed by atoms with Gasteiger partial charge in [-0.1, -0.05) is 12.8 Å². The lowest BCUT2D eigenvalue weighted by Crippen LogP contribution is -2.43. The molecule has 2 atom stereocenters. The summed E-state index contributed by atoms with van der Waals surface area (Å²) in [6.45, 7) is 1.09. The van der Waals surface area contributed by atoms with Gasteiger partial charge in [0.05, 0.1) is 12.2 Å². The Morgan fingerprint density at radius 2 is 1.29 bits per heavy atom. The van der Waals surface area contributed by atoms with E-state index in [1.54, 1.807) is 0 Å². The molecule has 2 heterocycles. The first kappa shape index (κ1) is 13.2. The van der Waals surface area contributed by atoms with Crippen molar-refractivity contribution in [1.82, 2.24) is 8.61 Å². The minimum Gasteiger partial charge on any atom is -0.389 e. The van der Waals surface area contributed by atoms with Gasteiger partial charge in [0.2, 0.25) is 0 Å². The molecular weight excluding hydrogens is 244 g/mol. The maximum absolute atomic E-state index is 12.3. The smallest absolute Gasteiger partial charge is 0.282 e. The highest BCUT2D eigenvalue weighted by Crippen LogP contribution is 2.20. The van der Waals surface area contributed by atoms with E-state index in [2.05, 4.69) is 0 Å². The zero-order valence-electron chi connectivity index (χ0n) is 9.83. The monoisotopic (exact) mass is 264 g/mol. The van der Waals surface area contributed by atoms with Gasteiger partial charge in [-0.3, -0.25) is 0 Å². The zero-order chi connectivity index (χ0) is 12.5. The van der Waals surface area contributed by atoms with Crippen LogP contribution in [0.25, 0.3) is 0 Å². The molecule has 0 amide bonds. The fourth-order valence-corrected chi connectivity index (χ4v) is 4.09. The molecule has 2 aliphatic heterocycles. The summed E-state index contributed by atoms with van der Waals surface area (Å²) in [5.74, 6) is 0. The van der Waals surface area contributed by atoms with Crippen LogP contribution in [0.2, 0.25) is 0 Å². The van der Waals surface area contributed by atoms with Gasteiger partial charge in [-0.15, -0.1) is 0 Å². The number of rotatable bonds is 2. The van der Waals surface area contributed by atoms with Crippen molar-refractivity contribution >= 4 is 10.2 Å². The molecule has 100 valence electrons. The van der Waals surface area contributed by atoms with E-state index < -0.39 is 22.4 Å². The first-order valence-corrected chi connectivity index (χ1v) is 7.53. The van der Waals surface area contributed by atoms with Gasteiger partial charge in [0.1, 0.15) is 0 Å². The summed E-state index contributed by atoms with van der Waals surface area (Å²) in [4.78, 5) is 0. The molecule has 0 aliphatic carbocycles. The maximum Gasteiger partial charge on any atom is 0.282 e. The molecule has 0 aromatic heterocycles. The number of hydrogen-bond donors (Lipinski definition) is 2. The number of hydrogen-bond acceptors (Lipinski definition) is 4. The van der Waals surface area contributed by atoms with Gasteiger partial charge in [-0.25, -0.2) is 0 Å². The van der Waals surface area contributed by atoms with Crippen LogP contribution in [0.1, 0.15) is 25.7 Å². The van der Waals surface area contributed by atoms with E-state index in [9.17, 15) is 18.6 Å². The van der Waals surface area contributed by atoms with Crippen molar-refractivity contribution in [3.63, 3.8) is 0 Å². The summed E-state index contributed by atoms with van der Waals surface area (Å²) in [6, 6.07) is 0. The van der Waals surface area contributed by atoms with E-state index in [4.69, 9.17) is 0 Å². The lowest BCUT2D eigenvalue weighted by atomic mass is 10.2. The van der Waals surface area contributed by atoms with Crippen LogP contribution in [-0.2, 0) is 10.2 Å². The SMILES string of the molecule is O=S(=O)(N1CCCCCC1)N1C[C@@H](O)[C@@H](O)C1. The highest BCUT2D eigenvalue weighted by Gasteiger charge is 2.39. The molecule has 17 heavy (non-hydrogen) atoms. The van der Waals surface area contributed by atoms with Crippen LogP contribution in [0.15, 0.2) is 0 Å². The van der Waals surface area contributed by atoms with E-state index in [0.717, 1.165) is 25.7 Å². The average Bonchev–Trinajstić information content (AvgIpc) is 2.54. The largest absolute Gasteiger partial charge is 0.389 e. The van der Waals surface area contributed by atoms with Crippen molar-refractivity contribution < 1.29 is 18.6 Å². The van der Waals surface area contributed by atoms with Gasteiger partial charge in [-0.05, 0) is 12.8 Å². The molecule has 2 N–H and O–H groups in total. The Balaban J connectivity index is 2.07. The number of aliphatic hydroxyl groups excluding tert-OH is 2. The summed E-state index contributed by atoms with van der Waals surface area (Å²) in [6.07, 6.45) is 1.98. The van der Waals surface area contributed by atoms with Gasteiger partial charge >= 0.3 is 0 Å². The van der Waals surface area contributed by atoms with E-state index in [-0.39, 0.29) is 13.1 Å². The Morgan fingerprint density at radius 1 is 0.824 bits per heavy atom. The molecule has 2 saturated heterocycles. The molecule has 0 saturated carbocycles.